The highest BCUT2D eigenvalue weighted by Gasteiger charge is 2.47. The van der Waals surface area contributed by atoms with Gasteiger partial charge in [-0.05, 0) is 25.5 Å². The molecule has 19 heavy (non-hydrogen) atoms. The van der Waals surface area contributed by atoms with Crippen LogP contribution >= 0.6 is 0 Å². The summed E-state index contributed by atoms with van der Waals surface area (Å²) in [4.78, 5) is 2.30. The van der Waals surface area contributed by atoms with Crippen molar-refractivity contribution in [2.45, 2.75) is 13.8 Å². The summed E-state index contributed by atoms with van der Waals surface area (Å²) in [5, 5.41) is 0.839. The summed E-state index contributed by atoms with van der Waals surface area (Å²) in [7, 11) is -2.80. The van der Waals surface area contributed by atoms with E-state index in [1.807, 2.05) is 19.9 Å². The van der Waals surface area contributed by atoms with Gasteiger partial charge in [0.15, 0.2) is 0 Å². The van der Waals surface area contributed by atoms with Gasteiger partial charge in [-0.3, -0.25) is 4.90 Å². The maximum absolute atomic E-state index is 5.97. The number of allylic oxidation sites excluding steroid dienone is 3. The number of hydrogen-bond acceptors (Lipinski definition) is 4. The predicted molar refractivity (Wildman–Crippen MR) is 76.4 cm³/mol. The maximum Gasteiger partial charge on any atom is 0.537 e. The number of hydrogen-bond donors (Lipinski definition) is 0. The Hall–Kier alpha value is -0.903. The van der Waals surface area contributed by atoms with Crippen LogP contribution in [0.15, 0.2) is 23.4 Å². The van der Waals surface area contributed by atoms with E-state index in [-0.39, 0.29) is 0 Å². The smallest absolute Gasteiger partial charge is 0.369 e. The Bertz CT molecular complexity index is 409. The van der Waals surface area contributed by atoms with Crippen LogP contribution in [0.3, 0.4) is 0 Å². The SMILES string of the molecule is C=C(/C(C)=C/C#CC)[Si]12OCCN(CCO1)CCO2. The Morgan fingerprint density at radius 3 is 2.16 bits per heavy atom. The third kappa shape index (κ3) is 3.35. The molecule has 0 N–H and O–H groups in total. The zero-order chi connectivity index (χ0) is 13.7. The van der Waals surface area contributed by atoms with Crippen LogP contribution in [0.25, 0.3) is 0 Å². The molecular formula is C14H21NO3Si. The molecule has 3 saturated heterocycles. The summed E-state index contributed by atoms with van der Waals surface area (Å²) in [5.74, 6) is 5.79. The van der Waals surface area contributed by atoms with Gasteiger partial charge in [0, 0.05) is 24.8 Å². The molecule has 0 spiro atoms. The summed E-state index contributed by atoms with van der Waals surface area (Å²) in [6.45, 7) is 12.7. The number of rotatable bonds is 2. The molecule has 3 fully saturated rings. The van der Waals surface area contributed by atoms with Crippen LogP contribution in [-0.2, 0) is 13.3 Å². The number of nitrogens with zero attached hydrogens (tertiary/aromatic N) is 1. The molecule has 4 nitrogen and oxygen atoms in total. The van der Waals surface area contributed by atoms with Gasteiger partial charge in [-0.1, -0.05) is 12.5 Å². The van der Waals surface area contributed by atoms with E-state index < -0.39 is 8.80 Å². The zero-order valence-corrected chi connectivity index (χ0v) is 12.7. The first-order chi connectivity index (χ1) is 9.18. The Balaban J connectivity index is 2.21. The molecule has 3 heterocycles. The Morgan fingerprint density at radius 1 is 1.16 bits per heavy atom. The lowest BCUT2D eigenvalue weighted by Gasteiger charge is -2.39. The minimum atomic E-state index is -2.80. The first kappa shape index (κ1) is 14.5. The van der Waals surface area contributed by atoms with Crippen molar-refractivity contribution in [1.82, 2.24) is 4.90 Å². The molecule has 0 atom stereocenters. The molecule has 0 saturated carbocycles. The average Bonchev–Trinajstić information content (AvgIpc) is 2.33. The van der Waals surface area contributed by atoms with Crippen molar-refractivity contribution in [2.75, 3.05) is 39.5 Å². The molecule has 0 unspecified atom stereocenters. The first-order valence-electron chi connectivity index (χ1n) is 6.61. The lowest BCUT2D eigenvalue weighted by atomic mass is 10.3. The van der Waals surface area contributed by atoms with Crippen molar-refractivity contribution in [3.8, 4) is 11.8 Å². The maximum atomic E-state index is 5.97. The van der Waals surface area contributed by atoms with Crippen LogP contribution in [0.5, 0.6) is 0 Å². The van der Waals surface area contributed by atoms with Crippen molar-refractivity contribution in [1.29, 1.82) is 0 Å². The molecule has 5 heteroatoms. The standard InChI is InChI=1S/C14H21NO3Si/c1-4-5-6-13(2)14(3)19-16-10-7-15(8-11-17-19)9-12-18-19/h6H,3,7-12H2,1-2H3/b13-6+. The topological polar surface area (TPSA) is 30.9 Å². The second-order valence-electron chi connectivity index (χ2n) is 4.64. The Labute approximate surface area is 116 Å². The number of fused-ring (bicyclic) bond motifs is 6. The fourth-order valence-corrected chi connectivity index (χ4v) is 4.57. The van der Waals surface area contributed by atoms with Crippen molar-refractivity contribution in [3.63, 3.8) is 0 Å². The van der Waals surface area contributed by atoms with Gasteiger partial charge in [0.2, 0.25) is 0 Å². The van der Waals surface area contributed by atoms with Gasteiger partial charge in [0.1, 0.15) is 0 Å². The summed E-state index contributed by atoms with van der Waals surface area (Å²) >= 11 is 0. The highest BCUT2D eigenvalue weighted by Crippen LogP contribution is 2.27. The van der Waals surface area contributed by atoms with Gasteiger partial charge in [-0.15, -0.1) is 5.92 Å². The van der Waals surface area contributed by atoms with Gasteiger partial charge < -0.3 is 13.3 Å². The molecule has 3 aliphatic rings. The molecule has 0 aliphatic carbocycles. The fraction of sp³-hybridized carbons (Fsp3) is 0.571. The van der Waals surface area contributed by atoms with E-state index in [0.717, 1.165) is 30.4 Å². The van der Waals surface area contributed by atoms with Gasteiger partial charge in [0.05, 0.1) is 19.8 Å². The van der Waals surface area contributed by atoms with E-state index in [4.69, 9.17) is 13.3 Å². The van der Waals surface area contributed by atoms with E-state index in [0.29, 0.717) is 19.8 Å². The largest absolute Gasteiger partial charge is 0.537 e. The summed E-state index contributed by atoms with van der Waals surface area (Å²) < 4.78 is 17.9. The quantitative estimate of drug-likeness (QED) is 0.434. The third-order valence-corrected chi connectivity index (χ3v) is 6.26. The lowest BCUT2D eigenvalue weighted by molar-refractivity contribution is -0.00149. The summed E-state index contributed by atoms with van der Waals surface area (Å²) in [6.07, 6.45) is 1.85. The van der Waals surface area contributed by atoms with Crippen LogP contribution in [0.1, 0.15) is 13.8 Å². The van der Waals surface area contributed by atoms with Crippen LogP contribution < -0.4 is 0 Å². The average molecular weight is 279 g/mol. The third-order valence-electron chi connectivity index (χ3n) is 3.38. The van der Waals surface area contributed by atoms with Gasteiger partial charge in [-0.25, -0.2) is 0 Å². The van der Waals surface area contributed by atoms with E-state index in [9.17, 15) is 0 Å². The Kier molecular flexibility index (Phi) is 4.97. The van der Waals surface area contributed by atoms with Crippen LogP contribution in [-0.4, -0.2) is 53.2 Å². The highest BCUT2D eigenvalue weighted by molar-refractivity contribution is 6.69. The zero-order valence-electron chi connectivity index (χ0n) is 11.7. The van der Waals surface area contributed by atoms with Gasteiger partial charge in [-0.2, -0.15) is 0 Å². The first-order valence-corrected chi connectivity index (χ1v) is 8.33. The van der Waals surface area contributed by atoms with Gasteiger partial charge >= 0.3 is 8.80 Å². The van der Waals surface area contributed by atoms with Crippen LogP contribution in [0, 0.1) is 11.8 Å². The second kappa shape index (κ2) is 6.50. The Morgan fingerprint density at radius 2 is 1.68 bits per heavy atom. The lowest BCUT2D eigenvalue weighted by Crippen LogP contribution is -2.56. The van der Waals surface area contributed by atoms with Crippen molar-refractivity contribution in [3.05, 3.63) is 23.4 Å². The molecule has 2 bridgehead atoms. The minimum absolute atomic E-state index is 0.637. The van der Waals surface area contributed by atoms with E-state index in [1.165, 1.54) is 0 Å². The molecule has 3 aliphatic heterocycles. The van der Waals surface area contributed by atoms with Crippen molar-refractivity contribution < 1.29 is 13.3 Å². The molecule has 0 aromatic heterocycles. The molecule has 104 valence electrons. The molecule has 0 amide bonds. The predicted octanol–water partition coefficient (Wildman–Crippen LogP) is 1.37. The van der Waals surface area contributed by atoms with Gasteiger partial charge in [0.25, 0.3) is 0 Å². The molecule has 0 aromatic carbocycles. The monoisotopic (exact) mass is 279 g/mol. The minimum Gasteiger partial charge on any atom is -0.369 e. The molecule has 0 radical (unpaired) electrons. The normalized spacial score (nSPS) is 31.7. The van der Waals surface area contributed by atoms with E-state index >= 15 is 0 Å². The fourth-order valence-electron chi connectivity index (χ4n) is 2.16. The highest BCUT2D eigenvalue weighted by atomic mass is 28.4. The summed E-state index contributed by atoms with van der Waals surface area (Å²) in [6, 6.07) is 0. The molecular weight excluding hydrogens is 258 g/mol. The van der Waals surface area contributed by atoms with Crippen molar-refractivity contribution >= 4 is 8.80 Å². The van der Waals surface area contributed by atoms with Crippen LogP contribution in [0.2, 0.25) is 0 Å². The van der Waals surface area contributed by atoms with E-state index in [1.54, 1.807) is 0 Å². The van der Waals surface area contributed by atoms with E-state index in [2.05, 4.69) is 23.3 Å². The molecule has 0 aromatic rings. The summed E-state index contributed by atoms with van der Waals surface area (Å²) in [5.41, 5.74) is 0.985. The van der Waals surface area contributed by atoms with Crippen LogP contribution in [0.4, 0.5) is 0 Å². The second-order valence-corrected chi connectivity index (χ2v) is 7.23. The molecule has 3 rings (SSSR count). The van der Waals surface area contributed by atoms with Crippen molar-refractivity contribution in [2.24, 2.45) is 0 Å².